The molecular weight excluding hydrogens is 248 g/mol. The van der Waals surface area contributed by atoms with E-state index in [1.165, 1.54) is 0 Å². The van der Waals surface area contributed by atoms with Crippen LogP contribution in [-0.2, 0) is 0 Å². The summed E-state index contributed by atoms with van der Waals surface area (Å²) >= 11 is 0. The molecule has 4 rings (SSSR count). The normalized spacial score (nSPS) is 10.0. The highest BCUT2D eigenvalue weighted by Gasteiger charge is 1.88. The van der Waals surface area contributed by atoms with Crippen LogP contribution in [0.2, 0.25) is 0 Å². The van der Waals surface area contributed by atoms with Gasteiger partial charge in [0, 0.05) is 41.8 Å². The van der Waals surface area contributed by atoms with Crippen molar-refractivity contribution in [2.24, 2.45) is 0 Å². The van der Waals surface area contributed by atoms with E-state index in [0.29, 0.717) is 0 Å². The number of pyridine rings is 4. The van der Waals surface area contributed by atoms with Gasteiger partial charge >= 0.3 is 0 Å². The van der Waals surface area contributed by atoms with Gasteiger partial charge in [0.05, 0.1) is 17.2 Å². The summed E-state index contributed by atoms with van der Waals surface area (Å²) in [6.45, 7) is 0. The second-order valence-corrected chi connectivity index (χ2v) is 4.14. The van der Waals surface area contributed by atoms with Gasteiger partial charge in [-0.2, -0.15) is 0 Å². The zero-order chi connectivity index (χ0) is 13.6. The second-order valence-electron chi connectivity index (χ2n) is 4.14. The number of aromatic nitrogens is 4. The van der Waals surface area contributed by atoms with Crippen molar-refractivity contribution in [2.45, 2.75) is 0 Å². The minimum Gasteiger partial charge on any atom is -0.264 e. The van der Waals surface area contributed by atoms with Gasteiger partial charge in [0.15, 0.2) is 0 Å². The summed E-state index contributed by atoms with van der Waals surface area (Å²) in [6, 6.07) is 11.7. The van der Waals surface area contributed by atoms with Crippen LogP contribution in [0.5, 0.6) is 0 Å². The van der Waals surface area contributed by atoms with Crippen molar-refractivity contribution in [3.8, 4) is 0 Å². The van der Waals surface area contributed by atoms with Crippen molar-refractivity contribution in [2.75, 3.05) is 0 Å². The van der Waals surface area contributed by atoms with Gasteiger partial charge in [-0.15, -0.1) is 0 Å². The molecular formula is C16H12N4. The number of hydrogen-bond acceptors (Lipinski definition) is 4. The van der Waals surface area contributed by atoms with Gasteiger partial charge in [-0.05, 0) is 30.3 Å². The molecule has 4 heterocycles. The van der Waals surface area contributed by atoms with Gasteiger partial charge in [0.25, 0.3) is 0 Å². The van der Waals surface area contributed by atoms with E-state index in [0.717, 1.165) is 21.8 Å². The molecule has 0 atom stereocenters. The zero-order valence-electron chi connectivity index (χ0n) is 10.7. The smallest absolute Gasteiger partial charge is 0.0885 e. The molecule has 0 aliphatic carbocycles. The number of fused-ring (bicyclic) bond motifs is 2. The third-order valence-electron chi connectivity index (χ3n) is 2.81. The average molecular weight is 260 g/mol. The van der Waals surface area contributed by atoms with E-state index in [9.17, 15) is 0 Å². The molecule has 0 aliphatic heterocycles. The highest BCUT2D eigenvalue weighted by atomic mass is 14.7. The molecule has 0 saturated heterocycles. The highest BCUT2D eigenvalue weighted by Crippen LogP contribution is 2.06. The first kappa shape index (κ1) is 12.2. The molecule has 0 saturated carbocycles. The van der Waals surface area contributed by atoms with Crippen LogP contribution in [0, 0.1) is 0 Å². The Morgan fingerprint density at radius 1 is 0.550 bits per heavy atom. The monoisotopic (exact) mass is 260 g/mol. The summed E-state index contributed by atoms with van der Waals surface area (Å²) < 4.78 is 0. The van der Waals surface area contributed by atoms with Crippen LogP contribution < -0.4 is 0 Å². The summed E-state index contributed by atoms with van der Waals surface area (Å²) in [4.78, 5) is 16.2. The van der Waals surface area contributed by atoms with Gasteiger partial charge in [-0.1, -0.05) is 6.07 Å². The van der Waals surface area contributed by atoms with Crippen LogP contribution in [0.3, 0.4) is 0 Å². The van der Waals surface area contributed by atoms with Gasteiger partial charge in [0.1, 0.15) is 0 Å². The molecule has 20 heavy (non-hydrogen) atoms. The molecule has 0 bridgehead atoms. The predicted octanol–water partition coefficient (Wildman–Crippen LogP) is 3.26. The lowest BCUT2D eigenvalue weighted by atomic mass is 10.3. The van der Waals surface area contributed by atoms with Crippen molar-refractivity contribution in [3.05, 3.63) is 73.6 Å². The average Bonchev–Trinajstić information content (AvgIpc) is 2.56. The molecule has 4 nitrogen and oxygen atoms in total. The molecule has 0 radical (unpaired) electrons. The van der Waals surface area contributed by atoms with Crippen molar-refractivity contribution >= 4 is 21.8 Å². The van der Waals surface area contributed by atoms with Gasteiger partial charge in [-0.25, -0.2) is 0 Å². The van der Waals surface area contributed by atoms with Crippen molar-refractivity contribution in [1.82, 2.24) is 19.9 Å². The Bertz CT molecular complexity index is 628. The Hall–Kier alpha value is -2.88. The standard InChI is InChI=1S/2C8H6N2/c1-2-7-6-9-5-3-8(7)10-4-1;1-2-7-3-5-9-6-8(7)10-4-1/h2*1-6H. The number of rotatable bonds is 0. The summed E-state index contributed by atoms with van der Waals surface area (Å²) in [5.41, 5.74) is 1.95. The highest BCUT2D eigenvalue weighted by molar-refractivity contribution is 5.77. The summed E-state index contributed by atoms with van der Waals surface area (Å²) in [7, 11) is 0. The summed E-state index contributed by atoms with van der Waals surface area (Å²) in [6.07, 6.45) is 10.6. The third-order valence-corrected chi connectivity index (χ3v) is 2.81. The summed E-state index contributed by atoms with van der Waals surface area (Å²) in [5, 5.41) is 2.22. The maximum Gasteiger partial charge on any atom is 0.0885 e. The minimum atomic E-state index is 0.949. The molecule has 0 N–H and O–H groups in total. The lowest BCUT2D eigenvalue weighted by Gasteiger charge is -1.90. The van der Waals surface area contributed by atoms with Crippen LogP contribution in [0.1, 0.15) is 0 Å². The molecule has 0 aliphatic rings. The lowest BCUT2D eigenvalue weighted by Crippen LogP contribution is -1.76. The van der Waals surface area contributed by atoms with E-state index in [1.54, 1.807) is 31.0 Å². The van der Waals surface area contributed by atoms with Crippen LogP contribution in [-0.4, -0.2) is 19.9 Å². The fourth-order valence-electron chi connectivity index (χ4n) is 1.83. The molecule has 96 valence electrons. The third kappa shape index (κ3) is 2.75. The SMILES string of the molecule is c1cnc2ccncc2c1.c1cnc2cnccc2c1. The first-order valence-electron chi connectivity index (χ1n) is 6.23. The van der Waals surface area contributed by atoms with Crippen molar-refractivity contribution < 1.29 is 0 Å². The van der Waals surface area contributed by atoms with E-state index >= 15 is 0 Å². The predicted molar refractivity (Wildman–Crippen MR) is 79.1 cm³/mol. The molecule has 0 fully saturated rings. The fourth-order valence-corrected chi connectivity index (χ4v) is 1.83. The quantitative estimate of drug-likeness (QED) is 0.487. The van der Waals surface area contributed by atoms with Crippen molar-refractivity contribution in [1.29, 1.82) is 0 Å². The van der Waals surface area contributed by atoms with Gasteiger partial charge < -0.3 is 0 Å². The maximum absolute atomic E-state index is 4.14. The molecule has 0 amide bonds. The minimum absolute atomic E-state index is 0.949. The molecule has 0 unspecified atom stereocenters. The molecule has 4 aromatic heterocycles. The fraction of sp³-hybridized carbons (Fsp3) is 0. The first-order chi connectivity index (χ1) is 9.93. The van der Waals surface area contributed by atoms with Crippen LogP contribution in [0.25, 0.3) is 21.8 Å². The van der Waals surface area contributed by atoms with Gasteiger partial charge in [-0.3, -0.25) is 19.9 Å². The topological polar surface area (TPSA) is 51.6 Å². The Balaban J connectivity index is 0.000000121. The van der Waals surface area contributed by atoms with Crippen LogP contribution >= 0.6 is 0 Å². The lowest BCUT2D eigenvalue weighted by molar-refractivity contribution is 1.31. The molecule has 0 spiro atoms. The Morgan fingerprint density at radius 2 is 1.25 bits per heavy atom. The Kier molecular flexibility index (Phi) is 3.55. The second kappa shape index (κ2) is 5.84. The number of hydrogen-bond donors (Lipinski definition) is 0. The van der Waals surface area contributed by atoms with E-state index in [1.807, 2.05) is 42.6 Å². The molecule has 0 aromatic carbocycles. The Labute approximate surface area is 116 Å². The molecule has 4 aromatic rings. The number of nitrogens with zero attached hydrogens (tertiary/aromatic N) is 4. The largest absolute Gasteiger partial charge is 0.264 e. The van der Waals surface area contributed by atoms with E-state index in [4.69, 9.17) is 0 Å². The van der Waals surface area contributed by atoms with E-state index in [2.05, 4.69) is 19.9 Å². The van der Waals surface area contributed by atoms with Gasteiger partial charge in [0.2, 0.25) is 0 Å². The Morgan fingerprint density at radius 3 is 2.05 bits per heavy atom. The van der Waals surface area contributed by atoms with Crippen LogP contribution in [0.4, 0.5) is 0 Å². The van der Waals surface area contributed by atoms with Crippen molar-refractivity contribution in [3.63, 3.8) is 0 Å². The maximum atomic E-state index is 4.14. The zero-order valence-corrected chi connectivity index (χ0v) is 10.7. The first-order valence-corrected chi connectivity index (χ1v) is 6.23. The van der Waals surface area contributed by atoms with E-state index < -0.39 is 0 Å². The molecule has 4 heteroatoms. The summed E-state index contributed by atoms with van der Waals surface area (Å²) in [5.74, 6) is 0. The van der Waals surface area contributed by atoms with Crippen LogP contribution in [0.15, 0.2) is 73.6 Å². The van der Waals surface area contributed by atoms with E-state index in [-0.39, 0.29) is 0 Å².